The maximum Gasteiger partial charge on any atom is 0.325 e. The first-order chi connectivity index (χ1) is 15.8. The number of aliphatic carboxylic acids is 1. The summed E-state index contributed by atoms with van der Waals surface area (Å²) in [5.41, 5.74) is 6.60. The number of aromatic nitrogens is 2. The van der Waals surface area contributed by atoms with Crippen LogP contribution < -0.4 is 10.6 Å². The number of carbonyl (C=O) groups excluding carboxylic acids is 1. The van der Waals surface area contributed by atoms with Gasteiger partial charge in [-0.2, -0.15) is 0 Å². The third-order valence-corrected chi connectivity index (χ3v) is 5.74. The molecule has 7 nitrogen and oxygen atoms in total. The normalized spacial score (nSPS) is 11.9. The Kier molecular flexibility index (Phi) is 5.87. The van der Waals surface area contributed by atoms with Gasteiger partial charge in [-0.15, -0.1) is 0 Å². The van der Waals surface area contributed by atoms with Crippen LogP contribution in [0.1, 0.15) is 34.0 Å². The van der Waals surface area contributed by atoms with Gasteiger partial charge in [0.25, 0.3) is 5.91 Å². The van der Waals surface area contributed by atoms with Crippen LogP contribution >= 0.6 is 0 Å². The molecule has 0 bridgehead atoms. The predicted octanol–water partition coefficient (Wildman–Crippen LogP) is 4.87. The third kappa shape index (κ3) is 4.17. The van der Waals surface area contributed by atoms with Gasteiger partial charge < -0.3 is 15.7 Å². The first-order valence-corrected chi connectivity index (χ1v) is 10.7. The molecule has 0 aliphatic carbocycles. The minimum absolute atomic E-state index is 0.301. The zero-order chi connectivity index (χ0) is 23.7. The molecule has 168 valence electrons. The lowest BCUT2D eigenvalue weighted by molar-refractivity contribution is -0.138. The van der Waals surface area contributed by atoms with Crippen LogP contribution in [0.5, 0.6) is 0 Å². The molecule has 2 heterocycles. The van der Waals surface area contributed by atoms with Gasteiger partial charge in [0.1, 0.15) is 17.6 Å². The number of amides is 1. The second kappa shape index (κ2) is 8.78. The lowest BCUT2D eigenvalue weighted by Crippen LogP contribution is -2.38. The summed E-state index contributed by atoms with van der Waals surface area (Å²) in [5.74, 6) is -0.857. The lowest BCUT2D eigenvalue weighted by Gasteiger charge is -2.15. The third-order valence-electron chi connectivity index (χ3n) is 5.74. The highest BCUT2D eigenvalue weighted by atomic mass is 16.4. The zero-order valence-corrected chi connectivity index (χ0v) is 19.0. The van der Waals surface area contributed by atoms with Crippen molar-refractivity contribution in [3.8, 4) is 11.3 Å². The van der Waals surface area contributed by atoms with E-state index in [-0.39, 0.29) is 0 Å². The van der Waals surface area contributed by atoms with Gasteiger partial charge in [0, 0.05) is 17.4 Å². The largest absolute Gasteiger partial charge is 0.480 e. The van der Waals surface area contributed by atoms with Crippen LogP contribution in [0, 0.1) is 20.8 Å². The van der Waals surface area contributed by atoms with Crippen LogP contribution in [0.25, 0.3) is 16.9 Å². The van der Waals surface area contributed by atoms with Gasteiger partial charge in [0.15, 0.2) is 5.65 Å². The van der Waals surface area contributed by atoms with Crippen LogP contribution in [0.3, 0.4) is 0 Å². The number of fused-ring (bicyclic) bond motifs is 1. The number of nitrogens with zero attached hydrogens (tertiary/aromatic N) is 2. The second-order valence-electron chi connectivity index (χ2n) is 8.16. The summed E-state index contributed by atoms with van der Waals surface area (Å²) >= 11 is 0. The smallest absolute Gasteiger partial charge is 0.325 e. The van der Waals surface area contributed by atoms with Gasteiger partial charge in [-0.1, -0.05) is 42.5 Å². The Labute approximate surface area is 192 Å². The van der Waals surface area contributed by atoms with Crippen molar-refractivity contribution < 1.29 is 14.7 Å². The molecule has 0 fully saturated rings. The van der Waals surface area contributed by atoms with Crippen molar-refractivity contribution in [2.45, 2.75) is 33.7 Å². The number of imidazole rings is 1. The van der Waals surface area contributed by atoms with Crippen LogP contribution in [0.15, 0.2) is 60.8 Å². The first kappa shape index (κ1) is 22.1. The molecule has 1 atom stereocenters. The molecule has 0 aliphatic heterocycles. The summed E-state index contributed by atoms with van der Waals surface area (Å²) in [4.78, 5) is 29.0. The molecule has 1 amide bonds. The van der Waals surface area contributed by atoms with E-state index < -0.39 is 17.9 Å². The molecule has 0 radical (unpaired) electrons. The summed E-state index contributed by atoms with van der Waals surface area (Å²) in [6.45, 7) is 7.53. The van der Waals surface area contributed by atoms with Crippen molar-refractivity contribution >= 4 is 29.0 Å². The SMILES string of the molecule is Cc1ccccc1-c1nc2c(C(=O)NC(C)C(=O)O)cccn2c1Nc1c(C)cccc1C. The number of benzene rings is 2. The van der Waals surface area contributed by atoms with Crippen LogP contribution in [-0.4, -0.2) is 32.4 Å². The number of carboxylic acid groups (broad SMARTS) is 1. The Morgan fingerprint density at radius 1 is 0.939 bits per heavy atom. The number of anilines is 2. The standard InChI is InChI=1S/C26H26N4O3/c1-15-9-5-6-12-19(15)22-24(28-21-16(2)10-7-11-17(21)3)30-14-8-13-20(23(30)29-22)25(31)27-18(4)26(32)33/h5-14,18,28H,1-4H3,(H,27,31)(H,32,33). The molecular formula is C26H26N4O3. The summed E-state index contributed by atoms with van der Waals surface area (Å²) in [5, 5.41) is 15.3. The van der Waals surface area contributed by atoms with Crippen molar-refractivity contribution in [2.75, 3.05) is 5.32 Å². The number of para-hydroxylation sites is 1. The summed E-state index contributed by atoms with van der Waals surface area (Å²) in [7, 11) is 0. The molecule has 0 spiro atoms. The molecule has 3 N–H and O–H groups in total. The topological polar surface area (TPSA) is 95.7 Å². The van der Waals surface area contributed by atoms with E-state index in [0.29, 0.717) is 16.9 Å². The maximum atomic E-state index is 12.9. The van der Waals surface area contributed by atoms with Gasteiger partial charge in [0.05, 0.1) is 5.56 Å². The van der Waals surface area contributed by atoms with Gasteiger partial charge in [-0.05, 0) is 56.5 Å². The molecule has 0 aliphatic rings. The average molecular weight is 443 g/mol. The molecular weight excluding hydrogens is 416 g/mol. The Balaban J connectivity index is 1.93. The molecule has 4 rings (SSSR count). The molecule has 2 aromatic carbocycles. The van der Waals surface area contributed by atoms with Gasteiger partial charge in [-0.3, -0.25) is 14.0 Å². The maximum absolute atomic E-state index is 12.9. The van der Waals surface area contributed by atoms with Crippen molar-refractivity contribution in [3.63, 3.8) is 0 Å². The summed E-state index contributed by atoms with van der Waals surface area (Å²) in [6.07, 6.45) is 1.84. The van der Waals surface area contributed by atoms with Gasteiger partial charge in [-0.25, -0.2) is 4.98 Å². The Hall–Kier alpha value is -4.13. The van der Waals surface area contributed by atoms with E-state index in [4.69, 9.17) is 4.98 Å². The van der Waals surface area contributed by atoms with Crippen molar-refractivity contribution in [1.82, 2.24) is 14.7 Å². The molecule has 2 aromatic heterocycles. The fraction of sp³-hybridized carbons (Fsp3) is 0.192. The molecule has 4 aromatic rings. The monoisotopic (exact) mass is 442 g/mol. The van der Waals surface area contributed by atoms with E-state index >= 15 is 0 Å². The second-order valence-corrected chi connectivity index (χ2v) is 8.16. The fourth-order valence-electron chi connectivity index (χ4n) is 3.86. The predicted molar refractivity (Wildman–Crippen MR) is 129 cm³/mol. The van der Waals surface area contributed by atoms with E-state index in [1.807, 2.05) is 73.8 Å². The highest BCUT2D eigenvalue weighted by molar-refractivity contribution is 6.02. The highest BCUT2D eigenvalue weighted by Gasteiger charge is 2.23. The Morgan fingerprint density at radius 3 is 2.27 bits per heavy atom. The van der Waals surface area contributed by atoms with Crippen molar-refractivity contribution in [2.24, 2.45) is 0 Å². The fourth-order valence-corrected chi connectivity index (χ4v) is 3.86. The number of nitrogens with one attached hydrogen (secondary N) is 2. The van der Waals surface area contributed by atoms with Crippen molar-refractivity contribution in [1.29, 1.82) is 0 Å². The van der Waals surface area contributed by atoms with Crippen LogP contribution in [0.2, 0.25) is 0 Å². The van der Waals surface area contributed by atoms with E-state index in [2.05, 4.69) is 10.6 Å². The van der Waals surface area contributed by atoms with E-state index in [0.717, 1.165) is 33.8 Å². The zero-order valence-electron chi connectivity index (χ0n) is 19.0. The Morgan fingerprint density at radius 2 is 1.61 bits per heavy atom. The van der Waals surface area contributed by atoms with Crippen molar-refractivity contribution in [3.05, 3.63) is 83.0 Å². The highest BCUT2D eigenvalue weighted by Crippen LogP contribution is 2.35. The number of rotatable bonds is 6. The van der Waals surface area contributed by atoms with Gasteiger partial charge in [0.2, 0.25) is 0 Å². The van der Waals surface area contributed by atoms with Gasteiger partial charge >= 0.3 is 5.97 Å². The van der Waals surface area contributed by atoms with Crippen LogP contribution in [0.4, 0.5) is 11.5 Å². The number of carbonyl (C=O) groups is 2. The number of carboxylic acids is 1. The average Bonchev–Trinajstić information content (AvgIpc) is 3.14. The molecule has 1 unspecified atom stereocenters. The minimum atomic E-state index is -1.10. The molecule has 0 saturated carbocycles. The van der Waals surface area contributed by atoms with E-state index in [1.54, 1.807) is 12.1 Å². The van der Waals surface area contributed by atoms with E-state index in [1.165, 1.54) is 6.92 Å². The Bertz CT molecular complexity index is 1350. The molecule has 33 heavy (non-hydrogen) atoms. The van der Waals surface area contributed by atoms with E-state index in [9.17, 15) is 14.7 Å². The number of hydrogen-bond acceptors (Lipinski definition) is 4. The number of hydrogen-bond donors (Lipinski definition) is 3. The molecule has 7 heteroatoms. The quantitative estimate of drug-likeness (QED) is 0.396. The van der Waals surface area contributed by atoms with Crippen LogP contribution in [-0.2, 0) is 4.79 Å². The number of aryl methyl sites for hydroxylation is 3. The first-order valence-electron chi connectivity index (χ1n) is 10.7. The number of pyridine rings is 1. The summed E-state index contributed by atoms with van der Waals surface area (Å²) < 4.78 is 1.84. The minimum Gasteiger partial charge on any atom is -0.480 e. The summed E-state index contributed by atoms with van der Waals surface area (Å²) in [6, 6.07) is 16.4. The lowest BCUT2D eigenvalue weighted by atomic mass is 10.1. The molecule has 0 saturated heterocycles.